The van der Waals surface area contributed by atoms with Crippen molar-refractivity contribution in [1.29, 1.82) is 0 Å². The van der Waals surface area contributed by atoms with Crippen LogP contribution in [-0.2, 0) is 0 Å². The van der Waals surface area contributed by atoms with Gasteiger partial charge in [-0.2, -0.15) is 0 Å². The van der Waals surface area contributed by atoms with Gasteiger partial charge in [0, 0.05) is 0 Å². The molecule has 0 spiro atoms. The minimum atomic E-state index is 0.745. The van der Waals surface area contributed by atoms with E-state index >= 15 is 0 Å². The standard InChI is InChI=1S/C13H27.C4H3N2.2Sn/c1-4-7-10-13(11-8-5-2)12-9-6-3;1-2-6-4-3-5-1;;/h4-12H2,1-3H3;1-3H;;. The summed E-state index contributed by atoms with van der Waals surface area (Å²) in [4.78, 5) is 7.80. The first-order chi connectivity index (χ1) is 10.1. The van der Waals surface area contributed by atoms with Crippen LogP contribution < -0.4 is 3.71 Å². The molecule has 4 heteroatoms. The summed E-state index contributed by atoms with van der Waals surface area (Å²) < 4.78 is 1.80. The maximum absolute atomic E-state index is 3.96. The molecule has 1 rings (SSSR count). The van der Waals surface area contributed by atoms with Crippen LogP contribution in [0.2, 0.25) is 3.43 Å². The first kappa shape index (κ1) is 21.7. The Kier molecular flexibility index (Phi) is 14.7. The van der Waals surface area contributed by atoms with Crippen LogP contribution in [0, 0.1) is 0 Å². The zero-order chi connectivity index (χ0) is 16.0. The SMILES string of the molecule is CCCC[C]([Sn])(CCCC)CCCC.[Sn][c]1cnccn1. The average molecular weight is 500 g/mol. The summed E-state index contributed by atoms with van der Waals surface area (Å²) in [6, 6.07) is 0. The van der Waals surface area contributed by atoms with Crippen LogP contribution in [0.1, 0.15) is 78.6 Å². The normalized spacial score (nSPS) is 10.9. The van der Waals surface area contributed by atoms with Crippen LogP contribution in [0.25, 0.3) is 0 Å². The van der Waals surface area contributed by atoms with Gasteiger partial charge in [-0.25, -0.2) is 0 Å². The Bertz CT molecular complexity index is 309. The molecule has 6 radical (unpaired) electrons. The molecule has 0 aromatic carbocycles. The molecule has 0 saturated heterocycles. The predicted octanol–water partition coefficient (Wildman–Crippen LogP) is 4.15. The van der Waals surface area contributed by atoms with Gasteiger partial charge in [0.2, 0.25) is 0 Å². The first-order valence-corrected chi connectivity index (χ1v) is 11.2. The van der Waals surface area contributed by atoms with Gasteiger partial charge in [0.25, 0.3) is 0 Å². The van der Waals surface area contributed by atoms with Gasteiger partial charge in [0.15, 0.2) is 0 Å². The van der Waals surface area contributed by atoms with Crippen molar-refractivity contribution >= 4 is 48.8 Å². The van der Waals surface area contributed by atoms with E-state index in [0.29, 0.717) is 0 Å². The van der Waals surface area contributed by atoms with Crippen molar-refractivity contribution in [2.45, 2.75) is 82.0 Å². The summed E-state index contributed by atoms with van der Waals surface area (Å²) >= 11 is 3.12. The average Bonchev–Trinajstić information content (AvgIpc) is 2.51. The Hall–Kier alpha value is 0.677. The summed E-state index contributed by atoms with van der Waals surface area (Å²) in [6.45, 7) is 6.95. The summed E-state index contributed by atoms with van der Waals surface area (Å²) in [6.07, 6.45) is 18.0. The third kappa shape index (κ3) is 12.9. The van der Waals surface area contributed by atoms with Crippen molar-refractivity contribution < 1.29 is 0 Å². The molecule has 0 aliphatic rings. The molecule has 21 heavy (non-hydrogen) atoms. The van der Waals surface area contributed by atoms with E-state index in [4.69, 9.17) is 0 Å². The summed E-state index contributed by atoms with van der Waals surface area (Å²) in [5.74, 6) is 0. The number of rotatable bonds is 9. The van der Waals surface area contributed by atoms with Crippen molar-refractivity contribution in [3.05, 3.63) is 18.6 Å². The van der Waals surface area contributed by atoms with Crippen molar-refractivity contribution in [3.8, 4) is 0 Å². The fourth-order valence-corrected chi connectivity index (χ4v) is 4.16. The van der Waals surface area contributed by atoms with E-state index in [0.717, 1.165) is 7.14 Å². The molecule has 0 aliphatic heterocycles. The predicted molar refractivity (Wildman–Crippen MR) is 94.4 cm³/mol. The molecule has 0 fully saturated rings. The molecular weight excluding hydrogens is 470 g/mol. The molecule has 0 saturated carbocycles. The van der Waals surface area contributed by atoms with Gasteiger partial charge in [-0.3, -0.25) is 0 Å². The van der Waals surface area contributed by atoms with Gasteiger partial charge in [-0.05, 0) is 0 Å². The van der Waals surface area contributed by atoms with Crippen LogP contribution in [0.15, 0.2) is 18.6 Å². The van der Waals surface area contributed by atoms with Gasteiger partial charge in [-0.15, -0.1) is 0 Å². The third-order valence-electron chi connectivity index (χ3n) is 3.59. The minimum absolute atomic E-state index is 0.745. The van der Waals surface area contributed by atoms with Gasteiger partial charge >= 0.3 is 159 Å². The molecule has 0 amide bonds. The van der Waals surface area contributed by atoms with E-state index < -0.39 is 0 Å². The summed E-state index contributed by atoms with van der Waals surface area (Å²) in [5.41, 5.74) is 0. The van der Waals surface area contributed by atoms with Crippen LogP contribution in [0.3, 0.4) is 0 Å². The molecule has 1 heterocycles. The molecule has 0 atom stereocenters. The van der Waals surface area contributed by atoms with E-state index in [-0.39, 0.29) is 0 Å². The van der Waals surface area contributed by atoms with Gasteiger partial charge in [0.1, 0.15) is 0 Å². The number of hydrogen-bond acceptors (Lipinski definition) is 2. The second-order valence-electron chi connectivity index (χ2n) is 5.68. The molecule has 2 nitrogen and oxygen atoms in total. The number of nitrogens with zero attached hydrogens (tertiary/aromatic N) is 2. The van der Waals surface area contributed by atoms with Crippen LogP contribution in [-0.4, -0.2) is 55.0 Å². The van der Waals surface area contributed by atoms with Crippen molar-refractivity contribution in [2.24, 2.45) is 0 Å². The molecule has 1 aromatic heterocycles. The monoisotopic (exact) mass is 502 g/mol. The Morgan fingerprint density at radius 3 is 1.62 bits per heavy atom. The first-order valence-electron chi connectivity index (χ1n) is 8.30. The molecule has 116 valence electrons. The second-order valence-corrected chi connectivity index (χ2v) is 10.2. The molecule has 1 aromatic rings. The molecular formula is C17H30N2Sn2. The summed E-state index contributed by atoms with van der Waals surface area (Å²) in [7, 11) is 0. The second kappa shape index (κ2) is 14.3. The third-order valence-corrected chi connectivity index (χ3v) is 6.47. The van der Waals surface area contributed by atoms with Gasteiger partial charge in [0.05, 0.1) is 0 Å². The Morgan fingerprint density at radius 1 is 0.905 bits per heavy atom. The van der Waals surface area contributed by atoms with Crippen molar-refractivity contribution in [3.63, 3.8) is 0 Å². The fourth-order valence-electron chi connectivity index (χ4n) is 2.22. The van der Waals surface area contributed by atoms with E-state index in [1.165, 1.54) is 80.3 Å². The van der Waals surface area contributed by atoms with Crippen LogP contribution >= 0.6 is 0 Å². The Balaban J connectivity index is 0.000000471. The topological polar surface area (TPSA) is 25.8 Å². The zero-order valence-corrected chi connectivity index (χ0v) is 19.7. The number of hydrogen-bond donors (Lipinski definition) is 0. The van der Waals surface area contributed by atoms with E-state index in [1.54, 1.807) is 41.1 Å². The van der Waals surface area contributed by atoms with Crippen LogP contribution in [0.5, 0.6) is 0 Å². The van der Waals surface area contributed by atoms with Crippen molar-refractivity contribution in [1.82, 2.24) is 9.97 Å². The molecule has 0 unspecified atom stereocenters. The summed E-state index contributed by atoms with van der Waals surface area (Å²) in [5, 5.41) is 0. The Morgan fingerprint density at radius 2 is 1.38 bits per heavy atom. The van der Waals surface area contributed by atoms with Crippen LogP contribution in [0.4, 0.5) is 0 Å². The zero-order valence-electron chi connectivity index (χ0n) is 14.0. The van der Waals surface area contributed by atoms with Gasteiger partial charge < -0.3 is 0 Å². The van der Waals surface area contributed by atoms with E-state index in [1.807, 2.05) is 0 Å². The number of unbranched alkanes of at least 4 members (excludes halogenated alkanes) is 3. The van der Waals surface area contributed by atoms with E-state index in [9.17, 15) is 0 Å². The van der Waals surface area contributed by atoms with Crippen molar-refractivity contribution in [2.75, 3.05) is 0 Å². The van der Waals surface area contributed by atoms with Gasteiger partial charge in [-0.1, -0.05) is 0 Å². The molecule has 0 N–H and O–H groups in total. The Labute approximate surface area is 158 Å². The van der Waals surface area contributed by atoms with E-state index in [2.05, 4.69) is 30.7 Å². The molecule has 0 aliphatic carbocycles. The fraction of sp³-hybridized carbons (Fsp3) is 0.765. The molecule has 0 bridgehead atoms. The number of aromatic nitrogens is 2. The quantitative estimate of drug-likeness (QED) is 0.477. The maximum atomic E-state index is 3.96.